The van der Waals surface area contributed by atoms with E-state index in [0.29, 0.717) is 57.3 Å². The summed E-state index contributed by atoms with van der Waals surface area (Å²) >= 11 is 4.94. The van der Waals surface area contributed by atoms with Gasteiger partial charge in [0, 0.05) is 24.5 Å². The fourth-order valence-corrected chi connectivity index (χ4v) is 5.95. The molecule has 1 aromatic carbocycles. The molecule has 1 saturated heterocycles. The Bertz CT molecular complexity index is 1250. The lowest BCUT2D eigenvalue weighted by atomic mass is 9.99. The molecule has 3 aromatic rings. The van der Waals surface area contributed by atoms with Crippen molar-refractivity contribution in [3.05, 3.63) is 58.6 Å². The molecule has 0 spiro atoms. The molecule has 0 saturated carbocycles. The van der Waals surface area contributed by atoms with Gasteiger partial charge in [-0.15, -0.1) is 11.3 Å². The smallest absolute Gasteiger partial charge is 0.243 e. The Morgan fingerprint density at radius 3 is 2.58 bits per heavy atom. The minimum Gasteiger partial charge on any atom is -0.379 e. The highest BCUT2D eigenvalue weighted by molar-refractivity contribution is 9.09. The van der Waals surface area contributed by atoms with Crippen molar-refractivity contribution in [2.75, 3.05) is 38.3 Å². The van der Waals surface area contributed by atoms with Gasteiger partial charge in [-0.05, 0) is 51.2 Å². The van der Waals surface area contributed by atoms with Crippen LogP contribution in [0.2, 0.25) is 0 Å². The summed E-state index contributed by atoms with van der Waals surface area (Å²) in [4.78, 5) is 34.3. The number of hydrogen-bond donors (Lipinski definition) is 1. The van der Waals surface area contributed by atoms with Gasteiger partial charge in [0.1, 0.15) is 17.7 Å². The lowest BCUT2D eigenvalue weighted by Crippen LogP contribution is -2.48. The zero-order valence-electron chi connectivity index (χ0n) is 23.2. The molecule has 2 amide bonds. The van der Waals surface area contributed by atoms with Crippen molar-refractivity contribution < 1.29 is 23.6 Å². The van der Waals surface area contributed by atoms with E-state index in [2.05, 4.69) is 43.5 Å². The molecule has 1 N–H and O–H groups in total. The van der Waals surface area contributed by atoms with E-state index in [1.807, 2.05) is 38.4 Å². The van der Waals surface area contributed by atoms with Gasteiger partial charge < -0.3 is 24.2 Å². The summed E-state index contributed by atoms with van der Waals surface area (Å²) in [6, 6.07) is 9.24. The number of likely N-dealkylation sites (tertiary alicyclic amines) is 1. The molecule has 40 heavy (non-hydrogen) atoms. The summed E-state index contributed by atoms with van der Waals surface area (Å²) in [5.74, 6) is -0.353. The van der Waals surface area contributed by atoms with E-state index >= 15 is 0 Å². The van der Waals surface area contributed by atoms with E-state index in [0.717, 1.165) is 33.4 Å². The second-order valence-corrected chi connectivity index (χ2v) is 11.6. The van der Waals surface area contributed by atoms with Gasteiger partial charge in [0.05, 0.1) is 47.6 Å². The predicted octanol–water partition coefficient (Wildman–Crippen LogP) is 5.19. The van der Waals surface area contributed by atoms with Crippen molar-refractivity contribution in [1.29, 1.82) is 0 Å². The minimum atomic E-state index is -0.571. The number of amides is 2. The van der Waals surface area contributed by atoms with Gasteiger partial charge in [-0.1, -0.05) is 45.4 Å². The Hall–Kier alpha value is -2.60. The Kier molecular flexibility index (Phi) is 11.3. The lowest BCUT2D eigenvalue weighted by molar-refractivity contribution is -0.140. The molecule has 1 fully saturated rings. The molecule has 3 heterocycles. The van der Waals surface area contributed by atoms with Gasteiger partial charge in [0.2, 0.25) is 11.8 Å². The van der Waals surface area contributed by atoms with Crippen molar-refractivity contribution in [2.24, 2.45) is 0 Å². The maximum Gasteiger partial charge on any atom is 0.243 e. The lowest BCUT2D eigenvalue weighted by Gasteiger charge is -2.28. The summed E-state index contributed by atoms with van der Waals surface area (Å²) < 4.78 is 16.6. The monoisotopic (exact) mass is 632 g/mol. The first-order chi connectivity index (χ1) is 19.4. The van der Waals surface area contributed by atoms with Crippen LogP contribution in [0.4, 0.5) is 0 Å². The third-order valence-electron chi connectivity index (χ3n) is 7.05. The summed E-state index contributed by atoms with van der Waals surface area (Å²) in [5.41, 5.74) is 5.67. The van der Waals surface area contributed by atoms with E-state index in [1.165, 1.54) is 0 Å². The molecular weight excluding hydrogens is 596 g/mol. The van der Waals surface area contributed by atoms with Crippen LogP contribution in [0.5, 0.6) is 0 Å². The highest BCUT2D eigenvalue weighted by atomic mass is 79.9. The Labute approximate surface area is 247 Å². The second-order valence-electron chi connectivity index (χ2n) is 9.93. The van der Waals surface area contributed by atoms with Crippen molar-refractivity contribution in [2.45, 2.75) is 58.0 Å². The first kappa shape index (κ1) is 30.4. The van der Waals surface area contributed by atoms with Crippen LogP contribution in [0, 0.1) is 13.8 Å². The molecule has 216 valence electrons. The van der Waals surface area contributed by atoms with Gasteiger partial charge in [0.15, 0.2) is 0 Å². The molecule has 1 unspecified atom stereocenters. The average molecular weight is 634 g/mol. The highest BCUT2D eigenvalue weighted by Gasteiger charge is 2.39. The fraction of sp³-hybridized carbons (Fsp3) is 0.517. The molecular formula is C29H37BrN4O5S. The number of nitrogens with zero attached hydrogens (tertiary/aromatic N) is 3. The number of benzene rings is 1. The first-order valence-electron chi connectivity index (χ1n) is 13.6. The predicted molar refractivity (Wildman–Crippen MR) is 158 cm³/mol. The van der Waals surface area contributed by atoms with Crippen molar-refractivity contribution in [1.82, 2.24) is 20.4 Å². The van der Waals surface area contributed by atoms with Crippen molar-refractivity contribution in [3.8, 4) is 10.4 Å². The molecule has 0 aliphatic carbocycles. The van der Waals surface area contributed by atoms with Crippen LogP contribution < -0.4 is 5.32 Å². The number of rotatable bonds is 14. The topological polar surface area (TPSA) is 107 Å². The third kappa shape index (κ3) is 7.78. The van der Waals surface area contributed by atoms with E-state index in [1.54, 1.807) is 22.3 Å². The number of halogens is 1. The number of alkyl halides is 1. The SMILES string of the molecule is Cc1cc(C(CCOCCOCCBr)C(=O)N2CCC[C@H]2C(=O)N[C@@H](C)c2ccc(-c3scnc3C)cc2)on1. The van der Waals surface area contributed by atoms with E-state index in [9.17, 15) is 9.59 Å². The van der Waals surface area contributed by atoms with Crippen molar-refractivity contribution >= 4 is 39.1 Å². The van der Waals surface area contributed by atoms with Gasteiger partial charge in [-0.3, -0.25) is 9.59 Å². The van der Waals surface area contributed by atoms with Crippen LogP contribution in [0.15, 0.2) is 40.4 Å². The number of thiazole rings is 1. The Balaban J connectivity index is 1.37. The largest absolute Gasteiger partial charge is 0.379 e. The number of carbonyl (C=O) groups excluding carboxylic acids is 2. The molecule has 11 heteroatoms. The summed E-state index contributed by atoms with van der Waals surface area (Å²) in [6.45, 7) is 8.24. The fourth-order valence-electron chi connectivity index (χ4n) is 4.91. The molecule has 0 bridgehead atoms. The third-order valence-corrected chi connectivity index (χ3v) is 8.35. The second kappa shape index (κ2) is 14.9. The number of nitrogens with one attached hydrogen (secondary N) is 1. The van der Waals surface area contributed by atoms with Gasteiger partial charge in [-0.25, -0.2) is 4.98 Å². The normalized spacial score (nSPS) is 16.7. The average Bonchev–Trinajstić information content (AvgIpc) is 3.71. The maximum absolute atomic E-state index is 13.8. The summed E-state index contributed by atoms with van der Waals surface area (Å²) in [6.07, 6.45) is 1.82. The Morgan fingerprint density at radius 1 is 1.18 bits per heavy atom. The van der Waals surface area contributed by atoms with E-state index in [4.69, 9.17) is 14.0 Å². The van der Waals surface area contributed by atoms with Crippen LogP contribution in [0.3, 0.4) is 0 Å². The maximum atomic E-state index is 13.8. The van der Waals surface area contributed by atoms with Crippen LogP contribution in [-0.4, -0.2) is 71.2 Å². The molecule has 4 rings (SSSR count). The minimum absolute atomic E-state index is 0.134. The number of hydrogen-bond acceptors (Lipinski definition) is 8. The first-order valence-corrected chi connectivity index (χ1v) is 15.6. The molecule has 0 radical (unpaired) electrons. The summed E-state index contributed by atoms with van der Waals surface area (Å²) in [7, 11) is 0. The highest BCUT2D eigenvalue weighted by Crippen LogP contribution is 2.30. The van der Waals surface area contributed by atoms with Gasteiger partial charge in [0.25, 0.3) is 0 Å². The molecule has 3 atom stereocenters. The molecule has 9 nitrogen and oxygen atoms in total. The number of carbonyl (C=O) groups is 2. The number of aryl methyl sites for hydroxylation is 2. The molecule has 2 aromatic heterocycles. The zero-order valence-corrected chi connectivity index (χ0v) is 25.6. The van der Waals surface area contributed by atoms with Gasteiger partial charge in [-0.2, -0.15) is 0 Å². The van der Waals surface area contributed by atoms with Crippen LogP contribution in [0.1, 0.15) is 60.9 Å². The van der Waals surface area contributed by atoms with Crippen molar-refractivity contribution in [3.63, 3.8) is 0 Å². The quantitative estimate of drug-likeness (QED) is 0.193. The van der Waals surface area contributed by atoms with Gasteiger partial charge >= 0.3 is 0 Å². The standard InChI is InChI=1S/C29H37BrN4O5S/c1-19-17-26(39-33-19)24(10-13-37-15-16-38-14-11-30)29(36)34-12-4-5-25(34)28(35)32-20(2)22-6-8-23(9-7-22)27-21(3)31-18-40-27/h6-9,17-18,20,24-25H,4-5,10-16H2,1-3H3,(H,32,35)/t20-,24?,25-/m0/s1. The number of aromatic nitrogens is 2. The Morgan fingerprint density at radius 2 is 1.93 bits per heavy atom. The molecule has 1 aliphatic heterocycles. The summed E-state index contributed by atoms with van der Waals surface area (Å²) in [5, 5.41) is 7.89. The van der Waals surface area contributed by atoms with Crippen LogP contribution >= 0.6 is 27.3 Å². The van der Waals surface area contributed by atoms with Crippen LogP contribution in [0.25, 0.3) is 10.4 Å². The zero-order chi connectivity index (χ0) is 28.5. The van der Waals surface area contributed by atoms with E-state index in [-0.39, 0.29) is 17.9 Å². The molecule has 1 aliphatic rings. The van der Waals surface area contributed by atoms with Crippen LogP contribution in [-0.2, 0) is 19.1 Å². The van der Waals surface area contributed by atoms with E-state index < -0.39 is 12.0 Å². The number of ether oxygens (including phenoxy) is 2.